The lowest BCUT2D eigenvalue weighted by Crippen LogP contribution is -2.50. The maximum Gasteiger partial charge on any atom is 0.322 e. The highest BCUT2D eigenvalue weighted by atomic mass is 35.5. The Morgan fingerprint density at radius 3 is 2.20 bits per heavy atom. The van der Waals surface area contributed by atoms with E-state index in [0.717, 1.165) is 60.1 Å². The number of hydrogen-bond donors (Lipinski definition) is 2. The van der Waals surface area contributed by atoms with Crippen LogP contribution in [-0.2, 0) is 0 Å². The molecule has 1 atom stereocenters. The molecule has 2 aliphatic rings. The van der Waals surface area contributed by atoms with E-state index in [-0.39, 0.29) is 12.1 Å². The molecule has 2 aromatic heterocycles. The maximum atomic E-state index is 13.1. The van der Waals surface area contributed by atoms with E-state index in [0.29, 0.717) is 28.8 Å². The number of rotatable bonds is 6. The minimum atomic E-state index is -0.192. The third-order valence-electron chi connectivity index (χ3n) is 8.69. The number of halogens is 2. The Labute approximate surface area is 266 Å². The number of aromatic nitrogens is 4. The Hall–Kier alpha value is -4.21. The van der Waals surface area contributed by atoms with Crippen LogP contribution in [0.1, 0.15) is 31.4 Å². The fraction of sp³-hybridized carbons (Fsp3) is 0.303. The van der Waals surface area contributed by atoms with Gasteiger partial charge in [-0.2, -0.15) is 5.10 Å². The molecule has 3 aromatic carbocycles. The number of urea groups is 1. The van der Waals surface area contributed by atoms with E-state index in [9.17, 15) is 4.79 Å². The average Bonchev–Trinajstić information content (AvgIpc) is 3.82. The summed E-state index contributed by atoms with van der Waals surface area (Å²) in [6.45, 7) is 6.76. The van der Waals surface area contributed by atoms with Crippen molar-refractivity contribution in [3.05, 3.63) is 88.5 Å². The van der Waals surface area contributed by atoms with Crippen LogP contribution in [0.25, 0.3) is 22.6 Å². The number of aromatic amines is 1. The van der Waals surface area contributed by atoms with Crippen LogP contribution in [0.5, 0.6) is 0 Å². The Kier molecular flexibility index (Phi) is 7.82. The number of amides is 2. The Balaban J connectivity index is 0.976. The molecule has 4 heterocycles. The molecule has 44 heavy (non-hydrogen) atoms. The summed E-state index contributed by atoms with van der Waals surface area (Å²) in [5.41, 5.74) is 6.50. The van der Waals surface area contributed by atoms with Crippen molar-refractivity contribution in [1.29, 1.82) is 0 Å². The SMILES string of the molecule is CC(c1ccccc1)n1ncc2[nH]c(-c3ccc(N4CCN(C(=O)Nc5c(Cl)cc(N6CCCC6)cc5Cl)CC4)cc3)nc21. The number of nitrogens with zero attached hydrogens (tertiary/aromatic N) is 6. The first-order chi connectivity index (χ1) is 21.4. The number of fused-ring (bicyclic) bond motifs is 1. The van der Waals surface area contributed by atoms with Gasteiger partial charge in [-0.25, -0.2) is 14.5 Å². The van der Waals surface area contributed by atoms with Gasteiger partial charge in [0.15, 0.2) is 5.65 Å². The van der Waals surface area contributed by atoms with E-state index in [1.807, 2.05) is 41.2 Å². The Morgan fingerprint density at radius 2 is 1.52 bits per heavy atom. The van der Waals surface area contributed by atoms with Crippen LogP contribution >= 0.6 is 23.2 Å². The summed E-state index contributed by atoms with van der Waals surface area (Å²) >= 11 is 13.1. The van der Waals surface area contributed by atoms with E-state index in [2.05, 4.69) is 68.5 Å². The summed E-state index contributed by atoms with van der Waals surface area (Å²) in [6.07, 6.45) is 4.17. The van der Waals surface area contributed by atoms with Gasteiger partial charge in [0.1, 0.15) is 11.3 Å². The number of H-pyrrole nitrogens is 1. The summed E-state index contributed by atoms with van der Waals surface area (Å²) in [6, 6.07) is 22.4. The summed E-state index contributed by atoms with van der Waals surface area (Å²) in [5.74, 6) is 0.810. The number of anilines is 3. The van der Waals surface area contributed by atoms with Crippen LogP contribution in [0.15, 0.2) is 72.9 Å². The molecule has 0 aliphatic carbocycles. The van der Waals surface area contributed by atoms with Crippen molar-refractivity contribution < 1.29 is 4.79 Å². The first-order valence-electron chi connectivity index (χ1n) is 15.1. The van der Waals surface area contributed by atoms with Gasteiger partial charge in [0.2, 0.25) is 0 Å². The van der Waals surface area contributed by atoms with Crippen LogP contribution in [0, 0.1) is 0 Å². The molecule has 2 amide bonds. The first-order valence-corrected chi connectivity index (χ1v) is 15.8. The lowest BCUT2D eigenvalue weighted by atomic mass is 10.1. The van der Waals surface area contributed by atoms with Gasteiger partial charge in [-0.3, -0.25) is 0 Å². The monoisotopic (exact) mass is 628 g/mol. The van der Waals surface area contributed by atoms with Gasteiger partial charge in [0.25, 0.3) is 0 Å². The molecule has 1 unspecified atom stereocenters. The standard InChI is InChI=1S/C33H34Cl2N8O/c1-22(23-7-3-2-4-8-23)43-32-29(21-36-43)37-31(39-32)24-9-11-25(12-10-24)41-15-17-42(18-16-41)33(44)38-30-27(34)19-26(20-28(30)35)40-13-5-6-14-40/h2-4,7-12,19-22H,5-6,13-18H2,1H3,(H,37,39)(H,38,44). The molecule has 0 saturated carbocycles. The summed E-state index contributed by atoms with van der Waals surface area (Å²) in [7, 11) is 0. The molecule has 2 fully saturated rings. The largest absolute Gasteiger partial charge is 0.371 e. The van der Waals surface area contributed by atoms with E-state index >= 15 is 0 Å². The van der Waals surface area contributed by atoms with Crippen molar-refractivity contribution in [3.63, 3.8) is 0 Å². The van der Waals surface area contributed by atoms with Gasteiger partial charge in [-0.15, -0.1) is 0 Å². The van der Waals surface area contributed by atoms with Gasteiger partial charge >= 0.3 is 6.03 Å². The van der Waals surface area contributed by atoms with Crippen molar-refractivity contribution >= 4 is 57.5 Å². The number of imidazole rings is 1. The smallest absolute Gasteiger partial charge is 0.322 e. The highest BCUT2D eigenvalue weighted by Crippen LogP contribution is 2.36. The number of carbonyl (C=O) groups excluding carboxylic acids is 1. The molecule has 0 bridgehead atoms. The average molecular weight is 630 g/mol. The number of nitrogens with one attached hydrogen (secondary N) is 2. The van der Waals surface area contributed by atoms with E-state index in [4.69, 9.17) is 28.2 Å². The summed E-state index contributed by atoms with van der Waals surface area (Å²) in [4.78, 5) is 27.8. The normalized spacial score (nSPS) is 16.1. The van der Waals surface area contributed by atoms with Crippen molar-refractivity contribution in [2.24, 2.45) is 0 Å². The minimum Gasteiger partial charge on any atom is -0.371 e. The van der Waals surface area contributed by atoms with Crippen molar-refractivity contribution in [3.8, 4) is 11.4 Å². The van der Waals surface area contributed by atoms with Crippen LogP contribution in [0.3, 0.4) is 0 Å². The van der Waals surface area contributed by atoms with Crippen LogP contribution < -0.4 is 15.1 Å². The van der Waals surface area contributed by atoms with Crippen LogP contribution in [0.4, 0.5) is 21.9 Å². The fourth-order valence-electron chi connectivity index (χ4n) is 6.13. The molecular formula is C33H34Cl2N8O. The van der Waals surface area contributed by atoms with Crippen LogP contribution in [0.2, 0.25) is 10.0 Å². The number of piperazine rings is 1. The second-order valence-corrected chi connectivity index (χ2v) is 12.2. The highest BCUT2D eigenvalue weighted by Gasteiger charge is 2.24. The molecule has 5 aromatic rings. The number of carbonyl (C=O) groups is 1. The first kappa shape index (κ1) is 28.6. The second kappa shape index (κ2) is 12.1. The quantitative estimate of drug-likeness (QED) is 0.206. The van der Waals surface area contributed by atoms with E-state index in [1.54, 1.807) is 4.90 Å². The lowest BCUT2D eigenvalue weighted by molar-refractivity contribution is 0.208. The van der Waals surface area contributed by atoms with Gasteiger partial charge in [0, 0.05) is 56.2 Å². The van der Waals surface area contributed by atoms with Crippen molar-refractivity contribution in [2.75, 3.05) is 54.4 Å². The summed E-state index contributed by atoms with van der Waals surface area (Å²) < 4.78 is 1.96. The molecule has 0 radical (unpaired) electrons. The molecule has 9 nitrogen and oxygen atoms in total. The highest BCUT2D eigenvalue weighted by molar-refractivity contribution is 6.40. The Morgan fingerprint density at radius 1 is 0.864 bits per heavy atom. The Bertz CT molecular complexity index is 1750. The molecule has 7 rings (SSSR count). The zero-order chi connectivity index (χ0) is 30.2. The van der Waals surface area contributed by atoms with E-state index < -0.39 is 0 Å². The fourth-order valence-corrected chi connectivity index (χ4v) is 6.70. The molecule has 226 valence electrons. The maximum absolute atomic E-state index is 13.1. The molecule has 0 spiro atoms. The van der Waals surface area contributed by atoms with Gasteiger partial charge < -0.3 is 25.0 Å². The molecule has 2 aliphatic heterocycles. The second-order valence-electron chi connectivity index (χ2n) is 11.4. The van der Waals surface area contributed by atoms with Gasteiger partial charge in [-0.05, 0) is 61.7 Å². The third-order valence-corrected chi connectivity index (χ3v) is 9.29. The topological polar surface area (TPSA) is 85.3 Å². The summed E-state index contributed by atoms with van der Waals surface area (Å²) in [5, 5.41) is 8.44. The lowest BCUT2D eigenvalue weighted by Gasteiger charge is -2.36. The molecule has 2 saturated heterocycles. The molecule has 11 heteroatoms. The zero-order valence-corrected chi connectivity index (χ0v) is 26.0. The molecular weight excluding hydrogens is 595 g/mol. The predicted octanol–water partition coefficient (Wildman–Crippen LogP) is 7.30. The minimum absolute atomic E-state index is 0.0716. The van der Waals surface area contributed by atoms with Gasteiger partial charge in [-0.1, -0.05) is 53.5 Å². The van der Waals surface area contributed by atoms with Gasteiger partial charge in [0.05, 0.1) is 28.0 Å². The number of hydrogen-bond acceptors (Lipinski definition) is 5. The predicted molar refractivity (Wildman–Crippen MR) is 178 cm³/mol. The van der Waals surface area contributed by atoms with E-state index in [1.165, 1.54) is 18.4 Å². The van der Waals surface area contributed by atoms with Crippen molar-refractivity contribution in [1.82, 2.24) is 24.6 Å². The zero-order valence-electron chi connectivity index (χ0n) is 24.5. The molecule has 2 N–H and O–H groups in total. The third kappa shape index (κ3) is 5.57. The van der Waals surface area contributed by atoms with Crippen LogP contribution in [-0.4, -0.2) is 69.9 Å². The van der Waals surface area contributed by atoms with Crippen molar-refractivity contribution in [2.45, 2.75) is 25.8 Å². The number of benzene rings is 3.